The van der Waals surface area contributed by atoms with Crippen molar-refractivity contribution in [3.05, 3.63) is 42.2 Å². The molecule has 8 heteroatoms. The van der Waals surface area contributed by atoms with E-state index in [1.54, 1.807) is 22.9 Å². The highest BCUT2D eigenvalue weighted by atomic mass is 16.5. The highest BCUT2D eigenvalue weighted by Gasteiger charge is 2.50. The molecule has 0 unspecified atom stereocenters. The molecule has 1 aromatic heterocycles. The first-order valence-electron chi connectivity index (χ1n) is 9.49. The Kier molecular flexibility index (Phi) is 4.80. The highest BCUT2D eigenvalue weighted by molar-refractivity contribution is 5.95. The van der Waals surface area contributed by atoms with Gasteiger partial charge in [0.2, 0.25) is 5.91 Å². The van der Waals surface area contributed by atoms with Gasteiger partial charge in [0.05, 0.1) is 30.4 Å². The number of aromatic nitrogens is 2. The van der Waals surface area contributed by atoms with Crippen molar-refractivity contribution in [2.45, 2.75) is 25.4 Å². The number of aliphatic hydroxyl groups excluding tert-OH is 1. The van der Waals surface area contributed by atoms with E-state index in [2.05, 4.69) is 10.4 Å². The molecule has 0 aliphatic carbocycles. The molecule has 0 saturated carbocycles. The predicted octanol–water partition coefficient (Wildman–Crippen LogP) is 0.984. The van der Waals surface area contributed by atoms with Crippen molar-refractivity contribution < 1.29 is 19.4 Å². The summed E-state index contributed by atoms with van der Waals surface area (Å²) in [6.45, 7) is 1.25. The Labute approximate surface area is 163 Å². The molecule has 2 atom stereocenters. The van der Waals surface area contributed by atoms with Crippen LogP contribution in [0.25, 0.3) is 5.69 Å². The van der Waals surface area contributed by atoms with Crippen LogP contribution >= 0.6 is 0 Å². The maximum atomic E-state index is 13.1. The molecule has 8 nitrogen and oxygen atoms in total. The van der Waals surface area contributed by atoms with Gasteiger partial charge in [0.15, 0.2) is 0 Å². The number of methoxy groups -OCH3 is 1. The van der Waals surface area contributed by atoms with Crippen molar-refractivity contribution in [3.8, 4) is 11.4 Å². The number of hydrogen-bond donors (Lipinski definition) is 2. The summed E-state index contributed by atoms with van der Waals surface area (Å²) in [6, 6.07) is 7.43. The molecule has 2 aliphatic rings. The first-order chi connectivity index (χ1) is 13.5. The standard InChI is InChI=1S/C20H24N4O4/c1-28-16-6-3-2-5-15(16)24-12-14(11-22-24)18(26)23-10-7-17(25)20(13-23)8-4-9-21-19(20)27/h2-3,5-6,11-12,17,25H,4,7-10,13H2,1H3,(H,21,27)/t17-,20+/m0/s1. The Bertz CT molecular complexity index is 896. The summed E-state index contributed by atoms with van der Waals surface area (Å²) in [4.78, 5) is 27.2. The molecule has 2 N–H and O–H groups in total. The number of nitrogens with one attached hydrogen (secondary N) is 1. The smallest absolute Gasteiger partial charge is 0.257 e. The summed E-state index contributed by atoms with van der Waals surface area (Å²) in [5.74, 6) is 0.308. The number of nitrogens with zero attached hydrogens (tertiary/aromatic N) is 3. The van der Waals surface area contributed by atoms with E-state index in [9.17, 15) is 14.7 Å². The second-order valence-electron chi connectivity index (χ2n) is 7.39. The van der Waals surface area contributed by atoms with E-state index in [0.717, 1.165) is 12.1 Å². The molecule has 2 aliphatic heterocycles. The number of ether oxygens (including phenoxy) is 1. The van der Waals surface area contributed by atoms with Crippen LogP contribution in [0.2, 0.25) is 0 Å². The third-order valence-corrected chi connectivity index (χ3v) is 5.77. The lowest BCUT2D eigenvalue weighted by molar-refractivity contribution is -0.147. The third-order valence-electron chi connectivity index (χ3n) is 5.77. The minimum absolute atomic E-state index is 0.159. The number of carbonyl (C=O) groups excluding carboxylic acids is 2. The number of piperidine rings is 2. The first kappa shape index (κ1) is 18.5. The highest BCUT2D eigenvalue weighted by Crippen LogP contribution is 2.37. The quantitative estimate of drug-likeness (QED) is 0.823. The van der Waals surface area contributed by atoms with Crippen LogP contribution in [0, 0.1) is 5.41 Å². The average molecular weight is 384 g/mol. The van der Waals surface area contributed by atoms with Crippen LogP contribution in [0.4, 0.5) is 0 Å². The molecule has 4 rings (SSSR count). The molecule has 148 valence electrons. The van der Waals surface area contributed by atoms with E-state index in [4.69, 9.17) is 4.74 Å². The van der Waals surface area contributed by atoms with Crippen LogP contribution in [-0.4, -0.2) is 64.4 Å². The van der Waals surface area contributed by atoms with Gasteiger partial charge in [0, 0.05) is 25.8 Å². The van der Waals surface area contributed by atoms with Crippen molar-refractivity contribution in [3.63, 3.8) is 0 Å². The fourth-order valence-corrected chi connectivity index (χ4v) is 4.18. The Morgan fingerprint density at radius 2 is 2.21 bits per heavy atom. The molecular weight excluding hydrogens is 360 g/mol. The molecular formula is C20H24N4O4. The molecule has 2 amide bonds. The molecule has 0 bridgehead atoms. The Morgan fingerprint density at radius 3 is 3.00 bits per heavy atom. The number of para-hydroxylation sites is 2. The van der Waals surface area contributed by atoms with Crippen LogP contribution in [-0.2, 0) is 4.79 Å². The number of benzene rings is 1. The molecule has 2 saturated heterocycles. The summed E-state index contributed by atoms with van der Waals surface area (Å²) in [5, 5.41) is 17.7. The average Bonchev–Trinajstić information content (AvgIpc) is 3.21. The topological polar surface area (TPSA) is 96.7 Å². The third kappa shape index (κ3) is 3.03. The molecule has 1 spiro atoms. The fourth-order valence-electron chi connectivity index (χ4n) is 4.18. The zero-order valence-corrected chi connectivity index (χ0v) is 15.8. The van der Waals surface area contributed by atoms with Crippen LogP contribution in [0.3, 0.4) is 0 Å². The Morgan fingerprint density at radius 1 is 1.39 bits per heavy atom. The van der Waals surface area contributed by atoms with Crippen LogP contribution < -0.4 is 10.1 Å². The van der Waals surface area contributed by atoms with Crippen molar-refractivity contribution in [2.75, 3.05) is 26.7 Å². The van der Waals surface area contributed by atoms with E-state index in [-0.39, 0.29) is 18.4 Å². The van der Waals surface area contributed by atoms with Crippen LogP contribution in [0.5, 0.6) is 5.75 Å². The molecule has 2 aromatic rings. The van der Waals surface area contributed by atoms with E-state index < -0.39 is 11.5 Å². The van der Waals surface area contributed by atoms with Crippen molar-refractivity contribution in [2.24, 2.45) is 5.41 Å². The van der Waals surface area contributed by atoms with Gasteiger partial charge in [0.25, 0.3) is 5.91 Å². The van der Waals surface area contributed by atoms with E-state index in [0.29, 0.717) is 37.2 Å². The molecule has 28 heavy (non-hydrogen) atoms. The number of aliphatic hydroxyl groups is 1. The van der Waals surface area contributed by atoms with Gasteiger partial charge in [0.1, 0.15) is 11.4 Å². The number of carbonyl (C=O) groups is 2. The largest absolute Gasteiger partial charge is 0.494 e. The zero-order valence-electron chi connectivity index (χ0n) is 15.8. The number of likely N-dealkylation sites (tertiary alicyclic amines) is 1. The van der Waals surface area contributed by atoms with Crippen molar-refractivity contribution in [1.82, 2.24) is 20.0 Å². The molecule has 3 heterocycles. The summed E-state index contributed by atoms with van der Waals surface area (Å²) >= 11 is 0. The van der Waals surface area contributed by atoms with Gasteiger partial charge < -0.3 is 20.1 Å². The zero-order chi connectivity index (χ0) is 19.7. The van der Waals surface area contributed by atoms with Gasteiger partial charge in [-0.05, 0) is 31.4 Å². The predicted molar refractivity (Wildman–Crippen MR) is 101 cm³/mol. The van der Waals surface area contributed by atoms with E-state index in [1.807, 2.05) is 24.3 Å². The van der Waals surface area contributed by atoms with Crippen LogP contribution in [0.15, 0.2) is 36.7 Å². The summed E-state index contributed by atoms with van der Waals surface area (Å²) in [7, 11) is 1.59. The van der Waals surface area contributed by atoms with Gasteiger partial charge in [-0.1, -0.05) is 12.1 Å². The number of rotatable bonds is 3. The van der Waals surface area contributed by atoms with E-state index in [1.165, 1.54) is 6.20 Å². The van der Waals surface area contributed by atoms with Gasteiger partial charge >= 0.3 is 0 Å². The maximum Gasteiger partial charge on any atom is 0.257 e. The van der Waals surface area contributed by atoms with Gasteiger partial charge in [-0.2, -0.15) is 5.10 Å². The summed E-state index contributed by atoms with van der Waals surface area (Å²) in [5.41, 5.74) is 0.264. The summed E-state index contributed by atoms with van der Waals surface area (Å²) < 4.78 is 6.96. The monoisotopic (exact) mass is 384 g/mol. The second-order valence-corrected chi connectivity index (χ2v) is 7.39. The Balaban J connectivity index is 1.57. The molecule has 1 aromatic carbocycles. The molecule has 0 radical (unpaired) electrons. The lowest BCUT2D eigenvalue weighted by atomic mass is 9.71. The fraction of sp³-hybridized carbons (Fsp3) is 0.450. The number of hydrogen-bond acceptors (Lipinski definition) is 5. The summed E-state index contributed by atoms with van der Waals surface area (Å²) in [6.07, 6.45) is 4.24. The lowest BCUT2D eigenvalue weighted by Crippen LogP contribution is -2.62. The lowest BCUT2D eigenvalue weighted by Gasteiger charge is -2.46. The maximum absolute atomic E-state index is 13.1. The number of amides is 2. The van der Waals surface area contributed by atoms with Crippen molar-refractivity contribution >= 4 is 11.8 Å². The SMILES string of the molecule is COc1ccccc1-n1cc(C(=O)N2CC[C@H](O)[C@@]3(CCCNC3=O)C2)cn1. The minimum atomic E-state index is -0.912. The second kappa shape index (κ2) is 7.27. The van der Waals surface area contributed by atoms with E-state index >= 15 is 0 Å². The molecule has 2 fully saturated rings. The normalized spacial score (nSPS) is 24.9. The van der Waals surface area contributed by atoms with Crippen molar-refractivity contribution in [1.29, 1.82) is 0 Å². The van der Waals surface area contributed by atoms with Gasteiger partial charge in [-0.15, -0.1) is 0 Å². The Hall–Kier alpha value is -2.87. The first-order valence-corrected chi connectivity index (χ1v) is 9.49. The minimum Gasteiger partial charge on any atom is -0.494 e. The van der Waals surface area contributed by atoms with Gasteiger partial charge in [-0.3, -0.25) is 9.59 Å². The van der Waals surface area contributed by atoms with Crippen LogP contribution in [0.1, 0.15) is 29.6 Å². The van der Waals surface area contributed by atoms with Gasteiger partial charge in [-0.25, -0.2) is 4.68 Å².